The number of aliphatic imine (C=N–C) groups is 2. The first-order valence-electron chi connectivity index (χ1n) is 7.19. The summed E-state index contributed by atoms with van der Waals surface area (Å²) >= 11 is 0. The van der Waals surface area contributed by atoms with Crippen LogP contribution in [0.5, 0.6) is 0 Å². The Labute approximate surface area is 119 Å². The summed E-state index contributed by atoms with van der Waals surface area (Å²) in [6, 6.07) is 0. The SMILES string of the molecule is C(=N\CCSSCC/N=C/C1CCC1)/C1CCC1. The lowest BCUT2D eigenvalue weighted by Gasteiger charge is -2.20. The van der Waals surface area contributed by atoms with E-state index < -0.39 is 0 Å². The third-order valence-electron chi connectivity index (χ3n) is 3.62. The molecule has 0 unspecified atom stereocenters. The molecule has 2 saturated carbocycles. The minimum absolute atomic E-state index is 0.809. The largest absolute Gasteiger partial charge is 0.296 e. The standard InChI is InChI=1S/C14H24N2S2/c1-3-13(4-1)11-15-7-9-17-18-10-8-16-12-14-5-2-6-14/h11-14H,1-10H2/b15-11+,16-12+. The lowest BCUT2D eigenvalue weighted by molar-refractivity contribution is 0.420. The van der Waals surface area contributed by atoms with Crippen molar-refractivity contribution in [3.63, 3.8) is 0 Å². The zero-order valence-corrected chi connectivity index (χ0v) is 12.7. The molecule has 0 spiro atoms. The molecule has 2 aliphatic carbocycles. The zero-order valence-electron chi connectivity index (χ0n) is 11.1. The Kier molecular flexibility index (Phi) is 7.24. The van der Waals surface area contributed by atoms with Gasteiger partial charge in [0.15, 0.2) is 0 Å². The molecule has 4 heteroatoms. The lowest BCUT2D eigenvalue weighted by atomic mass is 9.87. The van der Waals surface area contributed by atoms with Gasteiger partial charge in [0.2, 0.25) is 0 Å². The van der Waals surface area contributed by atoms with Crippen molar-refractivity contribution in [2.75, 3.05) is 24.6 Å². The lowest BCUT2D eigenvalue weighted by Crippen LogP contribution is -2.12. The van der Waals surface area contributed by atoms with Crippen molar-refractivity contribution in [2.45, 2.75) is 38.5 Å². The monoisotopic (exact) mass is 284 g/mol. The van der Waals surface area contributed by atoms with Gasteiger partial charge in [0.25, 0.3) is 0 Å². The van der Waals surface area contributed by atoms with Crippen LogP contribution in [0, 0.1) is 11.8 Å². The van der Waals surface area contributed by atoms with E-state index in [1.54, 1.807) is 0 Å². The van der Waals surface area contributed by atoms with Crippen molar-refractivity contribution in [3.8, 4) is 0 Å². The summed E-state index contributed by atoms with van der Waals surface area (Å²) in [6.45, 7) is 1.97. The van der Waals surface area contributed by atoms with E-state index in [2.05, 4.69) is 22.4 Å². The second kappa shape index (κ2) is 9.03. The molecule has 0 N–H and O–H groups in total. The topological polar surface area (TPSA) is 24.7 Å². The van der Waals surface area contributed by atoms with E-state index in [0.717, 1.165) is 36.4 Å². The predicted molar refractivity (Wildman–Crippen MR) is 86.3 cm³/mol. The molecule has 2 nitrogen and oxygen atoms in total. The molecule has 0 bridgehead atoms. The molecule has 2 rings (SSSR count). The van der Waals surface area contributed by atoms with Crippen LogP contribution in [0.1, 0.15) is 38.5 Å². The van der Waals surface area contributed by atoms with Gasteiger partial charge in [-0.3, -0.25) is 9.98 Å². The van der Waals surface area contributed by atoms with Crippen molar-refractivity contribution >= 4 is 34.0 Å². The van der Waals surface area contributed by atoms with Gasteiger partial charge in [0.05, 0.1) is 0 Å². The minimum atomic E-state index is 0.809. The smallest absolute Gasteiger partial charge is 0.0484 e. The predicted octanol–water partition coefficient (Wildman–Crippen LogP) is 4.11. The molecule has 0 heterocycles. The van der Waals surface area contributed by atoms with Gasteiger partial charge < -0.3 is 0 Å². The van der Waals surface area contributed by atoms with Crippen molar-refractivity contribution in [1.29, 1.82) is 0 Å². The summed E-state index contributed by atoms with van der Waals surface area (Å²) in [5, 5.41) is 0. The molecule has 0 aromatic carbocycles. The van der Waals surface area contributed by atoms with E-state index in [4.69, 9.17) is 0 Å². The van der Waals surface area contributed by atoms with Crippen molar-refractivity contribution in [2.24, 2.45) is 21.8 Å². The molecule has 0 aliphatic heterocycles. The van der Waals surface area contributed by atoms with Crippen LogP contribution in [0.2, 0.25) is 0 Å². The molecule has 18 heavy (non-hydrogen) atoms. The molecule has 0 saturated heterocycles. The molecule has 0 radical (unpaired) electrons. The fourth-order valence-electron chi connectivity index (χ4n) is 1.92. The van der Waals surface area contributed by atoms with Gasteiger partial charge in [-0.25, -0.2) is 0 Å². The highest BCUT2D eigenvalue weighted by Gasteiger charge is 2.14. The normalized spacial score (nSPS) is 21.6. The molecule has 2 fully saturated rings. The summed E-state index contributed by atoms with van der Waals surface area (Å²) in [4.78, 5) is 8.96. The van der Waals surface area contributed by atoms with E-state index in [1.165, 1.54) is 38.5 Å². The van der Waals surface area contributed by atoms with Crippen LogP contribution in [-0.2, 0) is 0 Å². The second-order valence-corrected chi connectivity index (χ2v) is 7.84. The van der Waals surface area contributed by atoms with Crippen LogP contribution < -0.4 is 0 Å². The Hall–Kier alpha value is 0.0400. The van der Waals surface area contributed by atoms with Gasteiger partial charge in [-0.05, 0) is 37.5 Å². The molecule has 2 aliphatic rings. The quantitative estimate of drug-likeness (QED) is 0.361. The summed E-state index contributed by atoms with van der Waals surface area (Å²) in [5.74, 6) is 3.90. The maximum Gasteiger partial charge on any atom is 0.0484 e. The minimum Gasteiger partial charge on any atom is -0.296 e. The fourth-order valence-corrected chi connectivity index (χ4v) is 3.67. The first kappa shape index (κ1) is 14.4. The van der Waals surface area contributed by atoms with Crippen LogP contribution in [0.3, 0.4) is 0 Å². The first-order valence-corrected chi connectivity index (χ1v) is 9.68. The fraction of sp³-hybridized carbons (Fsp3) is 0.857. The van der Waals surface area contributed by atoms with E-state index in [0.29, 0.717) is 0 Å². The Balaban J connectivity index is 1.32. The summed E-state index contributed by atoms with van der Waals surface area (Å²) in [6.07, 6.45) is 12.6. The average Bonchev–Trinajstić information content (AvgIpc) is 2.26. The van der Waals surface area contributed by atoms with Gasteiger partial charge in [0.1, 0.15) is 0 Å². The average molecular weight is 284 g/mol. The third kappa shape index (κ3) is 5.79. The van der Waals surface area contributed by atoms with Crippen LogP contribution in [0.15, 0.2) is 9.98 Å². The summed E-state index contributed by atoms with van der Waals surface area (Å²) in [7, 11) is 3.88. The second-order valence-electron chi connectivity index (χ2n) is 5.14. The zero-order chi connectivity index (χ0) is 12.5. The van der Waals surface area contributed by atoms with Crippen LogP contribution in [-0.4, -0.2) is 37.0 Å². The highest BCUT2D eigenvalue weighted by molar-refractivity contribution is 8.76. The highest BCUT2D eigenvalue weighted by atomic mass is 33.1. The van der Waals surface area contributed by atoms with Gasteiger partial charge in [-0.2, -0.15) is 0 Å². The Bertz CT molecular complexity index is 243. The van der Waals surface area contributed by atoms with E-state index in [9.17, 15) is 0 Å². The molecule has 0 atom stereocenters. The van der Waals surface area contributed by atoms with Crippen molar-refractivity contribution in [1.82, 2.24) is 0 Å². The highest BCUT2D eigenvalue weighted by Crippen LogP contribution is 2.25. The number of hydrogen-bond acceptors (Lipinski definition) is 4. The van der Waals surface area contributed by atoms with Gasteiger partial charge in [-0.15, -0.1) is 0 Å². The Morgan fingerprint density at radius 1 is 0.778 bits per heavy atom. The first-order chi connectivity index (χ1) is 8.95. The molecule has 0 amide bonds. The van der Waals surface area contributed by atoms with E-state index in [1.807, 2.05) is 21.6 Å². The van der Waals surface area contributed by atoms with Gasteiger partial charge >= 0.3 is 0 Å². The van der Waals surface area contributed by atoms with E-state index in [-0.39, 0.29) is 0 Å². The summed E-state index contributed by atoms with van der Waals surface area (Å²) < 4.78 is 0. The van der Waals surface area contributed by atoms with Gasteiger partial charge in [-0.1, -0.05) is 34.4 Å². The number of rotatable bonds is 9. The summed E-state index contributed by atoms with van der Waals surface area (Å²) in [5.41, 5.74) is 0. The van der Waals surface area contributed by atoms with Crippen LogP contribution >= 0.6 is 21.6 Å². The van der Waals surface area contributed by atoms with Gasteiger partial charge in [0, 0.05) is 37.0 Å². The van der Waals surface area contributed by atoms with Crippen molar-refractivity contribution < 1.29 is 0 Å². The Morgan fingerprint density at radius 2 is 1.22 bits per heavy atom. The molecule has 102 valence electrons. The number of hydrogen-bond donors (Lipinski definition) is 0. The van der Waals surface area contributed by atoms with Crippen LogP contribution in [0.25, 0.3) is 0 Å². The maximum atomic E-state index is 4.48. The van der Waals surface area contributed by atoms with E-state index >= 15 is 0 Å². The molecular weight excluding hydrogens is 260 g/mol. The van der Waals surface area contributed by atoms with Crippen molar-refractivity contribution in [3.05, 3.63) is 0 Å². The number of nitrogens with zero attached hydrogens (tertiary/aromatic N) is 2. The molecular formula is C14H24N2S2. The molecule has 0 aromatic heterocycles. The molecule has 0 aromatic rings. The Morgan fingerprint density at radius 3 is 1.56 bits per heavy atom. The third-order valence-corrected chi connectivity index (χ3v) is 5.99. The van der Waals surface area contributed by atoms with Crippen LogP contribution in [0.4, 0.5) is 0 Å². The maximum absolute atomic E-state index is 4.48.